The van der Waals surface area contributed by atoms with Crippen LogP contribution in [-0.4, -0.2) is 49.0 Å². The fourth-order valence-corrected chi connectivity index (χ4v) is 4.29. The maximum atomic E-state index is 10.5. The van der Waals surface area contributed by atoms with Gasteiger partial charge >= 0.3 is 0 Å². The molecule has 0 radical (unpaired) electrons. The Morgan fingerprint density at radius 2 is 2.00 bits per heavy atom. The molecule has 1 aliphatic heterocycles. The third-order valence-electron chi connectivity index (χ3n) is 6.22. The van der Waals surface area contributed by atoms with Gasteiger partial charge in [-0.05, 0) is 55.9 Å². The smallest absolute Gasteiger partial charge is 0.0695 e. The number of rotatable bonds is 5. The second-order valence-electron chi connectivity index (χ2n) is 7.95. The molecule has 4 atom stereocenters. The van der Waals surface area contributed by atoms with Crippen LogP contribution in [0.25, 0.3) is 0 Å². The Labute approximate surface area is 131 Å². The van der Waals surface area contributed by atoms with Crippen LogP contribution in [0.5, 0.6) is 0 Å². The molecule has 1 saturated heterocycles. The summed E-state index contributed by atoms with van der Waals surface area (Å²) >= 11 is 0. The molecule has 1 aliphatic carbocycles. The van der Waals surface area contributed by atoms with E-state index in [1.807, 2.05) is 0 Å². The third-order valence-corrected chi connectivity index (χ3v) is 6.22. The number of hydrogen-bond acceptors (Lipinski definition) is 3. The molecule has 1 N–H and O–H groups in total. The first-order valence-corrected chi connectivity index (χ1v) is 8.89. The Morgan fingerprint density at radius 3 is 2.67 bits per heavy atom. The highest BCUT2D eigenvalue weighted by molar-refractivity contribution is 4.93. The van der Waals surface area contributed by atoms with Gasteiger partial charge in [0.1, 0.15) is 0 Å². The van der Waals surface area contributed by atoms with E-state index in [4.69, 9.17) is 4.74 Å². The summed E-state index contributed by atoms with van der Waals surface area (Å²) in [5.41, 5.74) is 0.403. The van der Waals surface area contributed by atoms with Crippen molar-refractivity contribution in [2.75, 3.05) is 26.8 Å². The normalized spacial score (nSPS) is 35.9. The Bertz CT molecular complexity index is 316. The van der Waals surface area contributed by atoms with Crippen LogP contribution in [0, 0.1) is 17.3 Å². The largest absolute Gasteiger partial charge is 0.391 e. The van der Waals surface area contributed by atoms with Gasteiger partial charge in [-0.3, -0.25) is 4.90 Å². The maximum absolute atomic E-state index is 10.5. The maximum Gasteiger partial charge on any atom is 0.0695 e. The monoisotopic (exact) mass is 297 g/mol. The van der Waals surface area contributed by atoms with Crippen molar-refractivity contribution in [3.8, 4) is 0 Å². The summed E-state index contributed by atoms with van der Waals surface area (Å²) in [6.45, 7) is 10.2. The number of ether oxygens (including phenoxy) is 1. The van der Waals surface area contributed by atoms with Gasteiger partial charge in [-0.2, -0.15) is 0 Å². The molecule has 3 heteroatoms. The van der Waals surface area contributed by atoms with Crippen molar-refractivity contribution in [1.82, 2.24) is 4.90 Å². The SMILES string of the molecule is CCC(C)(C)C1CCC(O)C(N2CCCC(COC)C2)C1. The van der Waals surface area contributed by atoms with Gasteiger partial charge in [0.25, 0.3) is 0 Å². The highest BCUT2D eigenvalue weighted by atomic mass is 16.5. The minimum atomic E-state index is -0.129. The first-order valence-electron chi connectivity index (χ1n) is 8.89. The van der Waals surface area contributed by atoms with Crippen LogP contribution in [0.4, 0.5) is 0 Å². The number of piperidine rings is 1. The molecular formula is C18H35NO2. The van der Waals surface area contributed by atoms with Gasteiger partial charge in [0, 0.05) is 19.7 Å². The van der Waals surface area contributed by atoms with Gasteiger partial charge in [-0.25, -0.2) is 0 Å². The fraction of sp³-hybridized carbons (Fsp3) is 1.00. The molecule has 0 aromatic carbocycles. The number of hydrogen-bond donors (Lipinski definition) is 1. The molecule has 0 aromatic heterocycles. The van der Waals surface area contributed by atoms with E-state index in [1.54, 1.807) is 7.11 Å². The van der Waals surface area contributed by atoms with Crippen molar-refractivity contribution >= 4 is 0 Å². The van der Waals surface area contributed by atoms with Crippen molar-refractivity contribution in [2.45, 2.75) is 71.4 Å². The molecule has 0 amide bonds. The molecule has 3 nitrogen and oxygen atoms in total. The standard InChI is InChI=1S/C18H35NO2/c1-5-18(2,3)15-8-9-17(20)16(11-15)19-10-6-7-14(12-19)13-21-4/h14-17,20H,5-13H2,1-4H3. The molecule has 124 valence electrons. The van der Waals surface area contributed by atoms with Crippen LogP contribution in [0.3, 0.4) is 0 Å². The number of aliphatic hydroxyl groups is 1. The molecule has 4 unspecified atom stereocenters. The topological polar surface area (TPSA) is 32.7 Å². The van der Waals surface area contributed by atoms with Crippen molar-refractivity contribution in [3.05, 3.63) is 0 Å². The zero-order valence-corrected chi connectivity index (χ0v) is 14.5. The van der Waals surface area contributed by atoms with Gasteiger partial charge in [0.15, 0.2) is 0 Å². The van der Waals surface area contributed by atoms with Crippen molar-refractivity contribution in [3.63, 3.8) is 0 Å². The average Bonchev–Trinajstić information content (AvgIpc) is 2.48. The minimum Gasteiger partial charge on any atom is -0.391 e. The molecule has 2 rings (SSSR count). The van der Waals surface area contributed by atoms with E-state index in [0.29, 0.717) is 17.4 Å². The van der Waals surface area contributed by atoms with E-state index in [1.165, 1.54) is 32.1 Å². The van der Waals surface area contributed by atoms with Gasteiger partial charge < -0.3 is 9.84 Å². The molecule has 2 fully saturated rings. The number of methoxy groups -OCH3 is 1. The summed E-state index contributed by atoms with van der Waals surface area (Å²) in [4.78, 5) is 2.57. The molecule has 2 aliphatic rings. The second-order valence-corrected chi connectivity index (χ2v) is 7.95. The van der Waals surface area contributed by atoms with Crippen molar-refractivity contribution in [1.29, 1.82) is 0 Å². The van der Waals surface area contributed by atoms with Gasteiger partial charge in [0.2, 0.25) is 0 Å². The lowest BCUT2D eigenvalue weighted by molar-refractivity contribution is -0.0400. The van der Waals surface area contributed by atoms with E-state index in [0.717, 1.165) is 32.0 Å². The van der Waals surface area contributed by atoms with Crippen molar-refractivity contribution < 1.29 is 9.84 Å². The molecule has 1 heterocycles. The zero-order valence-electron chi connectivity index (χ0n) is 14.5. The summed E-state index contributed by atoms with van der Waals surface area (Å²) in [6.07, 6.45) is 6.96. The minimum absolute atomic E-state index is 0.129. The molecule has 1 saturated carbocycles. The summed E-state index contributed by atoms with van der Waals surface area (Å²) in [5, 5.41) is 10.5. The summed E-state index contributed by atoms with van der Waals surface area (Å²) in [7, 11) is 1.80. The summed E-state index contributed by atoms with van der Waals surface area (Å²) < 4.78 is 5.35. The van der Waals surface area contributed by atoms with Gasteiger partial charge in [-0.15, -0.1) is 0 Å². The quantitative estimate of drug-likeness (QED) is 0.845. The first-order chi connectivity index (χ1) is 9.97. The highest BCUT2D eigenvalue weighted by Gasteiger charge is 2.40. The number of likely N-dealkylation sites (tertiary alicyclic amines) is 1. The van der Waals surface area contributed by atoms with E-state index >= 15 is 0 Å². The van der Waals surface area contributed by atoms with Crippen LogP contribution in [0.15, 0.2) is 0 Å². The molecule has 21 heavy (non-hydrogen) atoms. The molecular weight excluding hydrogens is 262 g/mol. The Balaban J connectivity index is 1.99. The average molecular weight is 297 g/mol. The Morgan fingerprint density at radius 1 is 1.24 bits per heavy atom. The van der Waals surface area contributed by atoms with Crippen LogP contribution in [0.1, 0.15) is 59.3 Å². The number of nitrogens with zero attached hydrogens (tertiary/aromatic N) is 1. The predicted octanol–water partition coefficient (Wildman–Crippen LogP) is 3.31. The molecule has 0 spiro atoms. The summed E-state index contributed by atoms with van der Waals surface area (Å²) in [5.74, 6) is 1.40. The van der Waals surface area contributed by atoms with Crippen LogP contribution in [-0.2, 0) is 4.74 Å². The van der Waals surface area contributed by atoms with E-state index < -0.39 is 0 Å². The number of aliphatic hydroxyl groups excluding tert-OH is 1. The van der Waals surface area contributed by atoms with E-state index in [2.05, 4.69) is 25.7 Å². The lowest BCUT2D eigenvalue weighted by Gasteiger charge is -2.47. The van der Waals surface area contributed by atoms with Gasteiger partial charge in [0.05, 0.1) is 12.7 Å². The zero-order chi connectivity index (χ0) is 15.5. The Kier molecular flexibility index (Phi) is 6.10. The van der Waals surface area contributed by atoms with E-state index in [9.17, 15) is 5.11 Å². The highest BCUT2D eigenvalue weighted by Crippen LogP contribution is 2.42. The predicted molar refractivity (Wildman–Crippen MR) is 87.4 cm³/mol. The van der Waals surface area contributed by atoms with Crippen molar-refractivity contribution in [2.24, 2.45) is 17.3 Å². The first kappa shape index (κ1) is 17.2. The van der Waals surface area contributed by atoms with Crippen LogP contribution < -0.4 is 0 Å². The summed E-state index contributed by atoms with van der Waals surface area (Å²) in [6, 6.07) is 0.370. The molecule has 0 aromatic rings. The lowest BCUT2D eigenvalue weighted by atomic mass is 9.67. The Hall–Kier alpha value is -0.120. The third kappa shape index (κ3) is 4.20. The lowest BCUT2D eigenvalue weighted by Crippen LogP contribution is -2.52. The van der Waals surface area contributed by atoms with E-state index in [-0.39, 0.29) is 6.10 Å². The van der Waals surface area contributed by atoms with Crippen LogP contribution in [0.2, 0.25) is 0 Å². The fourth-order valence-electron chi connectivity index (χ4n) is 4.29. The molecule has 0 bridgehead atoms. The van der Waals surface area contributed by atoms with Gasteiger partial charge in [-0.1, -0.05) is 27.2 Å². The van der Waals surface area contributed by atoms with Crippen LogP contribution >= 0.6 is 0 Å². The second kappa shape index (κ2) is 7.43.